The zero-order valence-corrected chi connectivity index (χ0v) is 12.0. The third kappa shape index (κ3) is 3.17. The molecule has 1 aliphatic rings. The summed E-state index contributed by atoms with van der Waals surface area (Å²) in [4.78, 5) is 13.9. The van der Waals surface area contributed by atoms with E-state index in [4.69, 9.17) is 15.2 Å². The van der Waals surface area contributed by atoms with Crippen LogP contribution in [-0.2, 0) is 20.9 Å². The number of hydrogen-bond acceptors (Lipinski definition) is 4. The topological polar surface area (TPSA) is 64.8 Å². The number of benzene rings is 1. The van der Waals surface area contributed by atoms with Crippen molar-refractivity contribution in [2.24, 2.45) is 5.73 Å². The van der Waals surface area contributed by atoms with Gasteiger partial charge in [0.1, 0.15) is 0 Å². The number of amides is 1. The maximum absolute atomic E-state index is 12.1. The van der Waals surface area contributed by atoms with Crippen molar-refractivity contribution in [3.05, 3.63) is 35.4 Å². The van der Waals surface area contributed by atoms with Gasteiger partial charge in [-0.25, -0.2) is 0 Å². The third-order valence-corrected chi connectivity index (χ3v) is 3.61. The number of carbonyl (C=O) groups excluding carboxylic acids is 1. The van der Waals surface area contributed by atoms with Crippen molar-refractivity contribution in [1.82, 2.24) is 4.90 Å². The Kier molecular flexibility index (Phi) is 5.11. The van der Waals surface area contributed by atoms with E-state index in [1.807, 2.05) is 23.1 Å². The zero-order valence-electron chi connectivity index (χ0n) is 12.0. The fraction of sp³-hybridized carbons (Fsp3) is 0.533. The highest BCUT2D eigenvalue weighted by Crippen LogP contribution is 2.32. The van der Waals surface area contributed by atoms with Gasteiger partial charge in [0.25, 0.3) is 0 Å². The summed E-state index contributed by atoms with van der Waals surface area (Å²) in [7, 11) is 3.30. The van der Waals surface area contributed by atoms with E-state index in [9.17, 15) is 4.79 Å². The van der Waals surface area contributed by atoms with Crippen molar-refractivity contribution in [2.45, 2.75) is 25.1 Å². The van der Waals surface area contributed by atoms with E-state index >= 15 is 0 Å². The van der Waals surface area contributed by atoms with Crippen LogP contribution < -0.4 is 5.73 Å². The van der Waals surface area contributed by atoms with Crippen LogP contribution in [0.1, 0.15) is 23.6 Å². The molecule has 0 aromatic heterocycles. The van der Waals surface area contributed by atoms with E-state index in [0.717, 1.165) is 11.1 Å². The monoisotopic (exact) mass is 278 g/mol. The Morgan fingerprint density at radius 1 is 1.35 bits per heavy atom. The molecule has 0 bridgehead atoms. The van der Waals surface area contributed by atoms with Crippen LogP contribution in [0.2, 0.25) is 0 Å². The average Bonchev–Trinajstić information content (AvgIpc) is 2.71. The molecule has 1 aromatic rings. The predicted octanol–water partition coefficient (Wildman–Crippen LogP) is 1.08. The molecular formula is C15H22N2O3. The van der Waals surface area contributed by atoms with E-state index < -0.39 is 0 Å². The summed E-state index contributed by atoms with van der Waals surface area (Å²) < 4.78 is 10.2. The molecule has 2 rings (SSSR count). The predicted molar refractivity (Wildman–Crippen MR) is 76.1 cm³/mol. The molecule has 0 saturated carbocycles. The molecule has 1 heterocycles. The van der Waals surface area contributed by atoms with Gasteiger partial charge in [0.15, 0.2) is 0 Å². The first-order valence-electron chi connectivity index (χ1n) is 6.79. The first-order valence-corrected chi connectivity index (χ1v) is 6.79. The smallest absolute Gasteiger partial charge is 0.224 e. The van der Waals surface area contributed by atoms with Gasteiger partial charge < -0.3 is 20.1 Å². The number of ether oxygens (including phenoxy) is 2. The molecular weight excluding hydrogens is 256 g/mol. The van der Waals surface area contributed by atoms with Gasteiger partial charge in [-0.3, -0.25) is 4.79 Å². The van der Waals surface area contributed by atoms with Gasteiger partial charge in [0, 0.05) is 33.2 Å². The standard InChI is InChI=1S/C15H22N2O3/c1-19-7-6-17-14(18)9-13(16)15(17)12-5-3-4-11(8-12)10-20-2/h3-5,8,13,15H,6-7,9-10,16H2,1-2H3. The van der Waals surface area contributed by atoms with Crippen LogP contribution in [0.3, 0.4) is 0 Å². The summed E-state index contributed by atoms with van der Waals surface area (Å²) >= 11 is 0. The molecule has 2 N–H and O–H groups in total. The molecule has 0 spiro atoms. The molecule has 1 aliphatic heterocycles. The molecule has 5 heteroatoms. The summed E-state index contributed by atoms with van der Waals surface area (Å²) in [6.45, 7) is 1.65. The number of carbonyl (C=O) groups is 1. The summed E-state index contributed by atoms with van der Waals surface area (Å²) in [6, 6.07) is 7.82. The van der Waals surface area contributed by atoms with Gasteiger partial charge in [0.05, 0.1) is 19.3 Å². The largest absolute Gasteiger partial charge is 0.383 e. The molecule has 0 radical (unpaired) electrons. The third-order valence-electron chi connectivity index (χ3n) is 3.61. The van der Waals surface area contributed by atoms with Crippen LogP contribution in [-0.4, -0.2) is 44.2 Å². The highest BCUT2D eigenvalue weighted by molar-refractivity contribution is 5.80. The minimum atomic E-state index is -0.169. The molecule has 2 unspecified atom stereocenters. The zero-order chi connectivity index (χ0) is 14.5. The number of nitrogens with zero attached hydrogens (tertiary/aromatic N) is 1. The quantitative estimate of drug-likeness (QED) is 0.845. The number of hydrogen-bond donors (Lipinski definition) is 1. The van der Waals surface area contributed by atoms with Crippen molar-refractivity contribution < 1.29 is 14.3 Å². The van der Waals surface area contributed by atoms with Gasteiger partial charge in [-0.05, 0) is 11.1 Å². The fourth-order valence-electron chi connectivity index (χ4n) is 2.73. The molecule has 110 valence electrons. The highest BCUT2D eigenvalue weighted by Gasteiger charge is 2.38. The number of methoxy groups -OCH3 is 2. The molecule has 5 nitrogen and oxygen atoms in total. The molecule has 1 saturated heterocycles. The van der Waals surface area contributed by atoms with E-state index in [-0.39, 0.29) is 18.0 Å². The molecule has 1 aromatic carbocycles. The second kappa shape index (κ2) is 6.83. The second-order valence-electron chi connectivity index (χ2n) is 5.07. The number of likely N-dealkylation sites (tertiary alicyclic amines) is 1. The molecule has 1 amide bonds. The first kappa shape index (κ1) is 15.0. The van der Waals surface area contributed by atoms with Crippen LogP contribution in [0.4, 0.5) is 0 Å². The van der Waals surface area contributed by atoms with Crippen molar-refractivity contribution in [1.29, 1.82) is 0 Å². The van der Waals surface area contributed by atoms with Crippen molar-refractivity contribution >= 4 is 5.91 Å². The molecule has 20 heavy (non-hydrogen) atoms. The van der Waals surface area contributed by atoms with Gasteiger partial charge in [-0.1, -0.05) is 24.3 Å². The normalized spacial score (nSPS) is 22.6. The maximum Gasteiger partial charge on any atom is 0.224 e. The van der Waals surface area contributed by atoms with Crippen LogP contribution in [0.25, 0.3) is 0 Å². The fourth-order valence-corrected chi connectivity index (χ4v) is 2.73. The van der Waals surface area contributed by atoms with Gasteiger partial charge in [-0.2, -0.15) is 0 Å². The Hall–Kier alpha value is -1.43. The Morgan fingerprint density at radius 2 is 2.15 bits per heavy atom. The SMILES string of the molecule is COCCN1C(=O)CC(N)C1c1cccc(COC)c1. The van der Waals surface area contributed by atoms with E-state index in [0.29, 0.717) is 26.2 Å². The summed E-state index contributed by atoms with van der Waals surface area (Å²) in [5.74, 6) is 0.0942. The number of rotatable bonds is 6. The van der Waals surface area contributed by atoms with Crippen LogP contribution in [0.5, 0.6) is 0 Å². The van der Waals surface area contributed by atoms with Gasteiger partial charge in [-0.15, -0.1) is 0 Å². The summed E-state index contributed by atoms with van der Waals surface area (Å²) in [5.41, 5.74) is 8.30. The molecule has 1 fully saturated rings. The number of nitrogens with two attached hydrogens (primary N) is 1. The lowest BCUT2D eigenvalue weighted by Gasteiger charge is -2.27. The first-order chi connectivity index (χ1) is 9.67. The summed E-state index contributed by atoms with van der Waals surface area (Å²) in [6.07, 6.45) is 0.392. The Balaban J connectivity index is 2.23. The van der Waals surface area contributed by atoms with E-state index in [1.165, 1.54) is 0 Å². The minimum absolute atomic E-state index is 0.0746. The average molecular weight is 278 g/mol. The maximum atomic E-state index is 12.1. The Morgan fingerprint density at radius 3 is 2.85 bits per heavy atom. The van der Waals surface area contributed by atoms with Crippen molar-refractivity contribution in [3.63, 3.8) is 0 Å². The van der Waals surface area contributed by atoms with Crippen LogP contribution in [0, 0.1) is 0 Å². The van der Waals surface area contributed by atoms with Gasteiger partial charge >= 0.3 is 0 Å². The Bertz CT molecular complexity index is 464. The second-order valence-corrected chi connectivity index (χ2v) is 5.07. The minimum Gasteiger partial charge on any atom is -0.383 e. The lowest BCUT2D eigenvalue weighted by Crippen LogP contribution is -2.35. The van der Waals surface area contributed by atoms with Crippen molar-refractivity contribution in [3.8, 4) is 0 Å². The van der Waals surface area contributed by atoms with Crippen LogP contribution in [0.15, 0.2) is 24.3 Å². The van der Waals surface area contributed by atoms with Crippen molar-refractivity contribution in [2.75, 3.05) is 27.4 Å². The molecule has 2 atom stereocenters. The van der Waals surface area contributed by atoms with Crippen LogP contribution >= 0.6 is 0 Å². The van der Waals surface area contributed by atoms with E-state index in [2.05, 4.69) is 6.07 Å². The lowest BCUT2D eigenvalue weighted by atomic mass is 9.99. The Labute approximate surface area is 119 Å². The van der Waals surface area contributed by atoms with E-state index in [1.54, 1.807) is 14.2 Å². The van der Waals surface area contributed by atoms with Gasteiger partial charge in [0.2, 0.25) is 5.91 Å². The lowest BCUT2D eigenvalue weighted by molar-refractivity contribution is -0.129. The summed E-state index contributed by atoms with van der Waals surface area (Å²) in [5, 5.41) is 0. The molecule has 0 aliphatic carbocycles. The highest BCUT2D eigenvalue weighted by atomic mass is 16.5.